The summed E-state index contributed by atoms with van der Waals surface area (Å²) in [5, 5.41) is 2.89. The van der Waals surface area contributed by atoms with E-state index in [1.165, 1.54) is 5.57 Å². The monoisotopic (exact) mass is 323 g/mol. The minimum Gasteiger partial charge on any atom is -0.495 e. The van der Waals surface area contributed by atoms with Crippen LogP contribution in [0.15, 0.2) is 54.6 Å². The molecular formula is C21H25NO2. The SMILES string of the molecule is COc1ccccc1NC(=O)c1ccc(C(C)=CC(C)(C)C)cc1. The quantitative estimate of drug-likeness (QED) is 0.818. The van der Waals surface area contributed by atoms with Gasteiger partial charge in [0.15, 0.2) is 0 Å². The summed E-state index contributed by atoms with van der Waals surface area (Å²) < 4.78 is 5.26. The molecule has 0 aliphatic heterocycles. The minimum atomic E-state index is -0.150. The van der Waals surface area contributed by atoms with E-state index in [9.17, 15) is 4.79 Å². The first-order chi connectivity index (χ1) is 11.3. The van der Waals surface area contributed by atoms with Crippen molar-refractivity contribution in [2.45, 2.75) is 27.7 Å². The number of hydrogen-bond donors (Lipinski definition) is 1. The topological polar surface area (TPSA) is 38.3 Å². The number of allylic oxidation sites excluding steroid dienone is 2. The third kappa shape index (κ3) is 4.72. The molecule has 2 aromatic carbocycles. The Hall–Kier alpha value is -2.55. The second-order valence-electron chi connectivity index (χ2n) is 6.93. The molecule has 0 spiro atoms. The Morgan fingerprint density at radius 3 is 2.17 bits per heavy atom. The number of hydrogen-bond acceptors (Lipinski definition) is 2. The molecule has 0 unspecified atom stereocenters. The number of anilines is 1. The van der Waals surface area contributed by atoms with Crippen LogP contribution in [0.3, 0.4) is 0 Å². The molecule has 24 heavy (non-hydrogen) atoms. The van der Waals surface area contributed by atoms with Crippen LogP contribution in [0.1, 0.15) is 43.6 Å². The number of amides is 1. The summed E-state index contributed by atoms with van der Waals surface area (Å²) in [5.41, 5.74) is 3.74. The fraction of sp³-hybridized carbons (Fsp3) is 0.286. The molecule has 2 aromatic rings. The van der Waals surface area contributed by atoms with Gasteiger partial charge in [-0.25, -0.2) is 0 Å². The van der Waals surface area contributed by atoms with Crippen LogP contribution in [0.25, 0.3) is 5.57 Å². The van der Waals surface area contributed by atoms with Gasteiger partial charge in [0, 0.05) is 5.56 Å². The van der Waals surface area contributed by atoms with Gasteiger partial charge in [-0.2, -0.15) is 0 Å². The lowest BCUT2D eigenvalue weighted by molar-refractivity contribution is 0.102. The van der Waals surface area contributed by atoms with Crippen LogP contribution < -0.4 is 10.1 Å². The van der Waals surface area contributed by atoms with Crippen molar-refractivity contribution in [1.29, 1.82) is 0 Å². The molecule has 0 aliphatic carbocycles. The molecule has 0 atom stereocenters. The molecule has 0 saturated carbocycles. The number of methoxy groups -OCH3 is 1. The molecule has 0 fully saturated rings. The van der Waals surface area contributed by atoms with Gasteiger partial charge in [-0.15, -0.1) is 0 Å². The number of benzene rings is 2. The van der Waals surface area contributed by atoms with Gasteiger partial charge >= 0.3 is 0 Å². The molecule has 0 aliphatic rings. The molecule has 0 radical (unpaired) electrons. The Bertz CT molecular complexity index is 737. The number of ether oxygens (including phenoxy) is 1. The van der Waals surface area contributed by atoms with Crippen molar-refractivity contribution >= 4 is 17.2 Å². The third-order valence-corrected chi connectivity index (χ3v) is 3.61. The maximum Gasteiger partial charge on any atom is 0.255 e. The lowest BCUT2D eigenvalue weighted by atomic mass is 9.91. The fourth-order valence-corrected chi connectivity index (χ4v) is 2.56. The van der Waals surface area contributed by atoms with Crippen LogP contribution in [0.2, 0.25) is 0 Å². The lowest BCUT2D eigenvalue weighted by Gasteiger charge is -2.15. The van der Waals surface area contributed by atoms with E-state index in [0.717, 1.165) is 5.56 Å². The van der Waals surface area contributed by atoms with Gasteiger partial charge in [-0.3, -0.25) is 4.79 Å². The number of rotatable bonds is 4. The van der Waals surface area contributed by atoms with E-state index in [4.69, 9.17) is 4.74 Å². The van der Waals surface area contributed by atoms with Gasteiger partial charge in [0.05, 0.1) is 12.8 Å². The Kier molecular flexibility index (Phi) is 5.45. The molecule has 0 heterocycles. The van der Waals surface area contributed by atoms with E-state index in [1.807, 2.05) is 48.5 Å². The highest BCUT2D eigenvalue weighted by Crippen LogP contribution is 2.25. The zero-order valence-electron chi connectivity index (χ0n) is 15.0. The van der Waals surface area contributed by atoms with Gasteiger partial charge in [-0.1, -0.05) is 51.1 Å². The summed E-state index contributed by atoms with van der Waals surface area (Å²) >= 11 is 0. The number of para-hydroxylation sites is 2. The third-order valence-electron chi connectivity index (χ3n) is 3.61. The summed E-state index contributed by atoms with van der Waals surface area (Å²) in [4.78, 5) is 12.4. The molecule has 1 amide bonds. The summed E-state index contributed by atoms with van der Waals surface area (Å²) in [6, 6.07) is 15.0. The van der Waals surface area contributed by atoms with E-state index >= 15 is 0 Å². The molecule has 3 nitrogen and oxygen atoms in total. The number of carbonyl (C=O) groups is 1. The second-order valence-corrected chi connectivity index (χ2v) is 6.93. The Morgan fingerprint density at radius 1 is 1.00 bits per heavy atom. The number of carbonyl (C=O) groups excluding carboxylic acids is 1. The lowest BCUT2D eigenvalue weighted by Crippen LogP contribution is -2.12. The smallest absolute Gasteiger partial charge is 0.255 e. The van der Waals surface area contributed by atoms with Crippen molar-refractivity contribution in [3.05, 3.63) is 65.7 Å². The predicted octanol–water partition coefficient (Wildman–Crippen LogP) is 5.40. The fourth-order valence-electron chi connectivity index (χ4n) is 2.56. The highest BCUT2D eigenvalue weighted by Gasteiger charge is 2.11. The molecule has 0 bridgehead atoms. The Labute approximate surface area is 144 Å². The molecule has 3 heteroatoms. The molecule has 2 rings (SSSR count). The zero-order valence-corrected chi connectivity index (χ0v) is 15.0. The standard InChI is InChI=1S/C21H25NO2/c1-15(14-21(2,3)4)16-10-12-17(13-11-16)20(23)22-18-8-6-7-9-19(18)24-5/h6-14H,1-5H3,(H,22,23). The van der Waals surface area contributed by atoms with Gasteiger partial charge in [0.1, 0.15) is 5.75 Å². The van der Waals surface area contributed by atoms with Crippen molar-refractivity contribution in [3.8, 4) is 5.75 Å². The van der Waals surface area contributed by atoms with E-state index in [2.05, 4.69) is 39.1 Å². The first-order valence-corrected chi connectivity index (χ1v) is 8.04. The minimum absolute atomic E-state index is 0.129. The van der Waals surface area contributed by atoms with Crippen molar-refractivity contribution in [3.63, 3.8) is 0 Å². The summed E-state index contributed by atoms with van der Waals surface area (Å²) in [6.45, 7) is 8.61. The van der Waals surface area contributed by atoms with Gasteiger partial charge in [-0.05, 0) is 47.7 Å². The van der Waals surface area contributed by atoms with E-state index < -0.39 is 0 Å². The van der Waals surface area contributed by atoms with Gasteiger partial charge < -0.3 is 10.1 Å². The summed E-state index contributed by atoms with van der Waals surface area (Å²) in [5.74, 6) is 0.495. The van der Waals surface area contributed by atoms with Crippen LogP contribution in [0.5, 0.6) is 5.75 Å². The van der Waals surface area contributed by atoms with E-state index in [0.29, 0.717) is 17.0 Å². The summed E-state index contributed by atoms with van der Waals surface area (Å²) in [6.07, 6.45) is 2.23. The van der Waals surface area contributed by atoms with Crippen LogP contribution in [0, 0.1) is 5.41 Å². The van der Waals surface area contributed by atoms with Crippen LogP contribution in [-0.2, 0) is 0 Å². The van der Waals surface area contributed by atoms with Gasteiger partial charge in [0.25, 0.3) is 5.91 Å². The van der Waals surface area contributed by atoms with Gasteiger partial charge in [0.2, 0.25) is 0 Å². The zero-order chi connectivity index (χ0) is 17.7. The Morgan fingerprint density at radius 2 is 1.58 bits per heavy atom. The van der Waals surface area contributed by atoms with E-state index in [-0.39, 0.29) is 11.3 Å². The summed E-state index contributed by atoms with van der Waals surface area (Å²) in [7, 11) is 1.59. The second kappa shape index (κ2) is 7.35. The predicted molar refractivity (Wildman–Crippen MR) is 100 cm³/mol. The normalized spacial score (nSPS) is 12.0. The molecule has 0 aromatic heterocycles. The van der Waals surface area contributed by atoms with E-state index in [1.54, 1.807) is 7.11 Å². The average Bonchev–Trinajstić information content (AvgIpc) is 2.54. The van der Waals surface area contributed by atoms with Crippen molar-refractivity contribution < 1.29 is 9.53 Å². The highest BCUT2D eigenvalue weighted by molar-refractivity contribution is 6.05. The molecular weight excluding hydrogens is 298 g/mol. The molecule has 126 valence electrons. The maximum atomic E-state index is 12.4. The van der Waals surface area contributed by atoms with Crippen LogP contribution in [-0.4, -0.2) is 13.0 Å². The largest absolute Gasteiger partial charge is 0.495 e. The molecule has 0 saturated heterocycles. The van der Waals surface area contributed by atoms with Crippen LogP contribution in [0.4, 0.5) is 5.69 Å². The molecule has 1 N–H and O–H groups in total. The average molecular weight is 323 g/mol. The first-order valence-electron chi connectivity index (χ1n) is 8.04. The van der Waals surface area contributed by atoms with Crippen molar-refractivity contribution in [1.82, 2.24) is 0 Å². The Balaban J connectivity index is 2.16. The number of nitrogens with one attached hydrogen (secondary N) is 1. The van der Waals surface area contributed by atoms with Crippen LogP contribution >= 0.6 is 0 Å². The highest BCUT2D eigenvalue weighted by atomic mass is 16.5. The maximum absolute atomic E-state index is 12.4. The first kappa shape index (κ1) is 17.8. The van der Waals surface area contributed by atoms with Crippen molar-refractivity contribution in [2.24, 2.45) is 5.41 Å². The van der Waals surface area contributed by atoms with Crippen molar-refractivity contribution in [2.75, 3.05) is 12.4 Å².